The van der Waals surface area contributed by atoms with Crippen LogP contribution in [0.25, 0.3) is 0 Å². The molecule has 1 aromatic rings. The summed E-state index contributed by atoms with van der Waals surface area (Å²) in [6.07, 6.45) is 11.6. The first-order chi connectivity index (χ1) is 15.8. The molecule has 2 aliphatic rings. The van der Waals surface area contributed by atoms with Gasteiger partial charge in [0.25, 0.3) is 0 Å². The summed E-state index contributed by atoms with van der Waals surface area (Å²) in [7, 11) is 3.84. The van der Waals surface area contributed by atoms with E-state index < -0.39 is 24.4 Å². The van der Waals surface area contributed by atoms with Crippen molar-refractivity contribution < 1.29 is 14.7 Å². The van der Waals surface area contributed by atoms with Crippen LogP contribution in [0.1, 0.15) is 80.0 Å². The van der Waals surface area contributed by atoms with E-state index in [2.05, 4.69) is 33.0 Å². The van der Waals surface area contributed by atoms with Crippen molar-refractivity contribution in [3.8, 4) is 5.75 Å². The third-order valence-electron chi connectivity index (χ3n) is 7.84. The second-order valence-electron chi connectivity index (χ2n) is 10.2. The first-order valence-electron chi connectivity index (χ1n) is 12.9. The molecule has 5 nitrogen and oxygen atoms in total. The summed E-state index contributed by atoms with van der Waals surface area (Å²) in [6, 6.07) is 4.39. The molecule has 1 aromatic carbocycles. The molecule has 1 aliphatic carbocycles. The number of carbonyl (C=O) groups excluding carboxylic acids is 2. The average molecular weight is 561 g/mol. The second-order valence-corrected chi connectivity index (χ2v) is 24.1. The summed E-state index contributed by atoms with van der Waals surface area (Å²) in [6.45, 7) is 6.79. The summed E-state index contributed by atoms with van der Waals surface area (Å²) in [5, 5.41) is 14.4. The maximum absolute atomic E-state index is 14.1. The van der Waals surface area contributed by atoms with E-state index >= 15 is 0 Å². The Morgan fingerprint density at radius 2 is 1.52 bits per heavy atom. The molecule has 182 valence electrons. The number of benzene rings is 1. The Hall–Kier alpha value is -1.34. The zero-order valence-electron chi connectivity index (χ0n) is 21.1. The molecule has 3 rings (SSSR count). The standard InChI is InChI=1S/C15H15N2O3.3C4H9.Sn/c1-16(2)17-8-4-6-10-13(17)15(20)12-9(14(10)19)5-3-7-11(12)18;3*1-3-4-2;/h3-8,10,13,18H,1-2H3;3*1,3-4H2,2H3;/t10-,13+;;;;/m1..../s1. The van der Waals surface area contributed by atoms with Crippen LogP contribution in [0.2, 0.25) is 17.2 Å². The van der Waals surface area contributed by atoms with Gasteiger partial charge in [0.15, 0.2) is 0 Å². The number of Topliss-reactive ketones (excluding diaryl/α,β-unsaturated/α-hetero) is 2. The number of carbonyl (C=O) groups is 2. The van der Waals surface area contributed by atoms with E-state index in [1.165, 1.54) is 57.9 Å². The van der Waals surface area contributed by atoms with Crippen LogP contribution in [0.5, 0.6) is 5.75 Å². The quantitative estimate of drug-likeness (QED) is 0.323. The van der Waals surface area contributed by atoms with Crippen molar-refractivity contribution in [1.29, 1.82) is 0 Å². The molecular weight excluding hydrogens is 519 g/mol. The summed E-state index contributed by atoms with van der Waals surface area (Å²) in [5.41, 5.74) is 0.628. The van der Waals surface area contributed by atoms with Gasteiger partial charge in [-0.25, -0.2) is 0 Å². The normalized spacial score (nSPS) is 22.6. The van der Waals surface area contributed by atoms with Gasteiger partial charge < -0.3 is 0 Å². The first kappa shape index (κ1) is 26.3. The van der Waals surface area contributed by atoms with Gasteiger partial charge in [-0.05, 0) is 0 Å². The molecule has 0 amide bonds. The van der Waals surface area contributed by atoms with Crippen molar-refractivity contribution >= 4 is 29.9 Å². The Morgan fingerprint density at radius 1 is 0.939 bits per heavy atom. The van der Waals surface area contributed by atoms with Gasteiger partial charge in [-0.1, -0.05) is 0 Å². The molecule has 0 fully saturated rings. The molecule has 0 aromatic heterocycles. The minimum atomic E-state index is -2.88. The predicted molar refractivity (Wildman–Crippen MR) is 137 cm³/mol. The van der Waals surface area contributed by atoms with E-state index in [-0.39, 0.29) is 32.7 Å². The summed E-state index contributed by atoms with van der Waals surface area (Å²) < 4.78 is 4.09. The molecular formula is C27H42N2O3Sn. The van der Waals surface area contributed by atoms with Gasteiger partial charge in [0.05, 0.1) is 0 Å². The molecule has 0 bridgehead atoms. The van der Waals surface area contributed by atoms with Gasteiger partial charge >= 0.3 is 205 Å². The number of hydrogen-bond donors (Lipinski definition) is 1. The fourth-order valence-electron chi connectivity index (χ4n) is 6.10. The predicted octanol–water partition coefficient (Wildman–Crippen LogP) is 6.28. The van der Waals surface area contributed by atoms with Gasteiger partial charge in [0.2, 0.25) is 0 Å². The molecule has 6 heteroatoms. The molecule has 0 saturated carbocycles. The maximum atomic E-state index is 14.1. The van der Waals surface area contributed by atoms with Gasteiger partial charge in [-0.15, -0.1) is 0 Å². The van der Waals surface area contributed by atoms with E-state index in [1.807, 2.05) is 24.1 Å². The molecule has 1 aliphatic heterocycles. The van der Waals surface area contributed by atoms with Crippen molar-refractivity contribution in [2.24, 2.45) is 5.92 Å². The summed E-state index contributed by atoms with van der Waals surface area (Å²) >= 11 is -2.88. The Balaban J connectivity index is 2.18. The number of rotatable bonds is 11. The van der Waals surface area contributed by atoms with Crippen LogP contribution in [0.4, 0.5) is 0 Å². The second kappa shape index (κ2) is 11.4. The molecule has 1 heterocycles. The van der Waals surface area contributed by atoms with Crippen molar-refractivity contribution in [3.63, 3.8) is 0 Å². The zero-order valence-corrected chi connectivity index (χ0v) is 24.0. The van der Waals surface area contributed by atoms with Crippen LogP contribution in [0.3, 0.4) is 0 Å². The van der Waals surface area contributed by atoms with Crippen LogP contribution in [-0.4, -0.2) is 65.2 Å². The molecule has 0 spiro atoms. The number of hydrogen-bond acceptors (Lipinski definition) is 5. The van der Waals surface area contributed by atoms with Crippen LogP contribution in [0, 0.1) is 5.92 Å². The van der Waals surface area contributed by atoms with E-state index in [0.29, 0.717) is 5.56 Å². The number of allylic oxidation sites excluding steroid dienone is 1. The molecule has 0 saturated heterocycles. The molecule has 0 unspecified atom stereocenters. The number of hydrazine groups is 1. The van der Waals surface area contributed by atoms with Crippen LogP contribution < -0.4 is 0 Å². The van der Waals surface area contributed by atoms with Crippen molar-refractivity contribution in [1.82, 2.24) is 10.0 Å². The molecule has 33 heavy (non-hydrogen) atoms. The van der Waals surface area contributed by atoms with Gasteiger partial charge in [-0.3, -0.25) is 0 Å². The van der Waals surface area contributed by atoms with Crippen molar-refractivity contribution in [3.05, 3.63) is 41.6 Å². The average Bonchev–Trinajstić information content (AvgIpc) is 2.81. The van der Waals surface area contributed by atoms with Crippen LogP contribution in [0.15, 0.2) is 30.5 Å². The van der Waals surface area contributed by atoms with E-state index in [1.54, 1.807) is 12.1 Å². The summed E-state index contributed by atoms with van der Waals surface area (Å²) in [5.74, 6) is -0.484. The number of aromatic hydroxyl groups is 1. The molecule has 3 atom stereocenters. The number of phenols is 1. The number of unbranched alkanes of at least 4 members (excludes halogenated alkanes) is 3. The number of phenolic OH excluding ortho intramolecular Hbond substituents is 1. The number of fused-ring (bicyclic) bond motifs is 2. The third-order valence-corrected chi connectivity index (χ3v) is 25.0. The SMILES string of the molecule is CCC[CH2][Sn]([CH2]CCC)([CH2]CCC)[C@@H]1C=CN(N(C)C)[C@@H]2C(=O)c3c(O)cccc3C(=O)[C@@H]21. The van der Waals surface area contributed by atoms with Gasteiger partial charge in [0, 0.05) is 0 Å². The Morgan fingerprint density at radius 3 is 2.03 bits per heavy atom. The third kappa shape index (κ3) is 5.04. The summed E-state index contributed by atoms with van der Waals surface area (Å²) in [4.78, 5) is 27.9. The van der Waals surface area contributed by atoms with Crippen LogP contribution >= 0.6 is 0 Å². The van der Waals surface area contributed by atoms with Gasteiger partial charge in [-0.2, -0.15) is 0 Å². The first-order valence-corrected chi connectivity index (χ1v) is 20.6. The van der Waals surface area contributed by atoms with E-state index in [0.717, 1.165) is 0 Å². The molecule has 0 radical (unpaired) electrons. The van der Waals surface area contributed by atoms with Crippen LogP contribution in [-0.2, 0) is 0 Å². The van der Waals surface area contributed by atoms with Crippen molar-refractivity contribution in [2.45, 2.75) is 82.6 Å². The number of ketones is 2. The fraction of sp³-hybridized carbons (Fsp3) is 0.630. The number of nitrogens with zero attached hydrogens (tertiary/aromatic N) is 2. The van der Waals surface area contributed by atoms with Gasteiger partial charge in [0.1, 0.15) is 0 Å². The van der Waals surface area contributed by atoms with Crippen molar-refractivity contribution in [2.75, 3.05) is 14.1 Å². The topological polar surface area (TPSA) is 60.9 Å². The zero-order chi connectivity index (χ0) is 24.2. The van der Waals surface area contributed by atoms with E-state index in [4.69, 9.17) is 0 Å². The fourth-order valence-corrected chi connectivity index (χ4v) is 24.7. The monoisotopic (exact) mass is 562 g/mol. The minimum absolute atomic E-state index is 0.0530. The Labute approximate surface area is 204 Å². The van der Waals surface area contributed by atoms with E-state index in [9.17, 15) is 14.7 Å². The molecule has 1 N–H and O–H groups in total. The Kier molecular flexibility index (Phi) is 9.07. The Bertz CT molecular complexity index is 860.